The van der Waals surface area contributed by atoms with E-state index in [2.05, 4.69) is 18.2 Å². The van der Waals surface area contributed by atoms with E-state index in [0.29, 0.717) is 0 Å². The summed E-state index contributed by atoms with van der Waals surface area (Å²) in [5.74, 6) is 0. The van der Waals surface area contributed by atoms with E-state index in [0.717, 1.165) is 31.3 Å². The third kappa shape index (κ3) is 1.14. The second-order valence-corrected chi connectivity index (χ2v) is 3.52. The van der Waals surface area contributed by atoms with Crippen molar-refractivity contribution in [1.29, 1.82) is 0 Å². The minimum atomic E-state index is -0.434. The second-order valence-electron chi connectivity index (χ2n) is 3.52. The number of hydrogen-bond donors (Lipinski definition) is 1. The molecule has 0 heterocycles. The van der Waals surface area contributed by atoms with Crippen LogP contribution in [0.3, 0.4) is 0 Å². The highest BCUT2D eigenvalue weighted by Crippen LogP contribution is 2.39. The van der Waals surface area contributed by atoms with Gasteiger partial charge in [0.15, 0.2) is 0 Å². The Morgan fingerprint density at radius 1 is 1.27 bits per heavy atom. The van der Waals surface area contributed by atoms with Crippen molar-refractivity contribution in [2.45, 2.75) is 37.7 Å². The van der Waals surface area contributed by atoms with Gasteiger partial charge in [-0.05, 0) is 37.7 Å². The molecule has 0 bridgehead atoms. The van der Waals surface area contributed by atoms with Crippen LogP contribution in [0, 0.1) is 0 Å². The zero-order valence-electron chi connectivity index (χ0n) is 6.71. The quantitative estimate of drug-likeness (QED) is 0.607. The zero-order chi connectivity index (χ0) is 7.73. The lowest BCUT2D eigenvalue weighted by Gasteiger charge is -2.38. The van der Waals surface area contributed by atoms with Gasteiger partial charge >= 0.3 is 0 Å². The van der Waals surface area contributed by atoms with Crippen molar-refractivity contribution in [1.82, 2.24) is 0 Å². The summed E-state index contributed by atoms with van der Waals surface area (Å²) in [6, 6.07) is 0. The Kier molecular flexibility index (Phi) is 1.61. The van der Waals surface area contributed by atoms with E-state index in [1.54, 1.807) is 0 Å². The van der Waals surface area contributed by atoms with Gasteiger partial charge in [0.2, 0.25) is 0 Å². The van der Waals surface area contributed by atoms with E-state index in [4.69, 9.17) is 0 Å². The highest BCUT2D eigenvalue weighted by Gasteiger charge is 2.36. The lowest BCUT2D eigenvalue weighted by atomic mass is 9.73. The molecule has 0 saturated heterocycles. The van der Waals surface area contributed by atoms with Gasteiger partial charge in [0.25, 0.3) is 0 Å². The molecule has 1 nitrogen and oxygen atoms in total. The first kappa shape index (κ1) is 7.11. The van der Waals surface area contributed by atoms with E-state index in [1.165, 1.54) is 6.42 Å². The summed E-state index contributed by atoms with van der Waals surface area (Å²) < 4.78 is 0. The molecular weight excluding hydrogens is 136 g/mol. The molecule has 0 aromatic heterocycles. The van der Waals surface area contributed by atoms with Crippen LogP contribution >= 0.6 is 0 Å². The van der Waals surface area contributed by atoms with Gasteiger partial charge in [-0.15, -0.1) is 0 Å². The van der Waals surface area contributed by atoms with Gasteiger partial charge in [-0.25, -0.2) is 0 Å². The average molecular weight is 150 g/mol. The van der Waals surface area contributed by atoms with Crippen molar-refractivity contribution < 1.29 is 5.11 Å². The molecule has 11 heavy (non-hydrogen) atoms. The third-order valence-corrected chi connectivity index (χ3v) is 2.71. The first-order valence-corrected chi connectivity index (χ1v) is 4.41. The maximum atomic E-state index is 9.92. The average Bonchev–Trinajstić information content (AvgIpc) is 2.02. The molecule has 60 valence electrons. The van der Waals surface area contributed by atoms with Crippen LogP contribution in [0.25, 0.3) is 0 Å². The molecule has 0 unspecified atom stereocenters. The van der Waals surface area contributed by atoms with Crippen molar-refractivity contribution in [3.63, 3.8) is 0 Å². The summed E-state index contributed by atoms with van der Waals surface area (Å²) >= 11 is 0. The lowest BCUT2D eigenvalue weighted by molar-refractivity contribution is 0.00544. The fraction of sp³-hybridized carbons (Fsp3) is 0.600. The molecule has 0 amide bonds. The number of aliphatic hydroxyl groups is 1. The molecule has 0 spiro atoms. The molecule has 0 radical (unpaired) electrons. The summed E-state index contributed by atoms with van der Waals surface area (Å²) in [5.41, 5.74) is 0.728. The van der Waals surface area contributed by atoms with Crippen LogP contribution in [-0.2, 0) is 0 Å². The van der Waals surface area contributed by atoms with Crippen molar-refractivity contribution in [2.75, 3.05) is 0 Å². The van der Waals surface area contributed by atoms with E-state index in [-0.39, 0.29) is 0 Å². The Labute approximate surface area is 67.4 Å². The SMILES string of the molecule is OC1(C2=CCCC=C2)CCC1. The molecular formula is C10H14O. The van der Waals surface area contributed by atoms with Gasteiger partial charge in [0.05, 0.1) is 5.60 Å². The Morgan fingerprint density at radius 2 is 2.09 bits per heavy atom. The standard InChI is InChI=1S/C10H14O/c11-10(7-4-8-10)9-5-2-1-3-6-9/h2,5-6,11H,1,3-4,7-8H2. The molecule has 1 heteroatoms. The van der Waals surface area contributed by atoms with Crippen molar-refractivity contribution in [3.8, 4) is 0 Å². The zero-order valence-corrected chi connectivity index (χ0v) is 6.71. The minimum Gasteiger partial charge on any atom is -0.385 e. The summed E-state index contributed by atoms with van der Waals surface area (Å²) in [4.78, 5) is 0. The molecule has 0 aromatic carbocycles. The van der Waals surface area contributed by atoms with Crippen LogP contribution in [0.1, 0.15) is 32.1 Å². The summed E-state index contributed by atoms with van der Waals surface area (Å²) in [7, 11) is 0. The normalized spacial score (nSPS) is 27.5. The maximum Gasteiger partial charge on any atom is 0.0893 e. The highest BCUT2D eigenvalue weighted by atomic mass is 16.3. The minimum absolute atomic E-state index is 0.434. The van der Waals surface area contributed by atoms with Crippen molar-refractivity contribution >= 4 is 0 Å². The topological polar surface area (TPSA) is 20.2 Å². The van der Waals surface area contributed by atoms with E-state index in [1.807, 2.05) is 0 Å². The van der Waals surface area contributed by atoms with Gasteiger partial charge in [0.1, 0.15) is 0 Å². The first-order valence-electron chi connectivity index (χ1n) is 4.41. The van der Waals surface area contributed by atoms with Crippen LogP contribution in [0.4, 0.5) is 0 Å². The van der Waals surface area contributed by atoms with Crippen LogP contribution in [0.2, 0.25) is 0 Å². The van der Waals surface area contributed by atoms with E-state index >= 15 is 0 Å². The monoisotopic (exact) mass is 150 g/mol. The molecule has 1 fully saturated rings. The molecule has 1 saturated carbocycles. The third-order valence-electron chi connectivity index (χ3n) is 2.71. The number of rotatable bonds is 1. The molecule has 2 rings (SSSR count). The molecule has 0 aliphatic heterocycles. The van der Waals surface area contributed by atoms with E-state index in [9.17, 15) is 5.11 Å². The Morgan fingerprint density at radius 3 is 2.55 bits per heavy atom. The number of allylic oxidation sites excluding steroid dienone is 2. The first-order chi connectivity index (χ1) is 5.31. The predicted molar refractivity (Wildman–Crippen MR) is 45.3 cm³/mol. The summed E-state index contributed by atoms with van der Waals surface area (Å²) in [5, 5.41) is 9.92. The van der Waals surface area contributed by atoms with E-state index < -0.39 is 5.60 Å². The van der Waals surface area contributed by atoms with Crippen molar-refractivity contribution in [3.05, 3.63) is 23.8 Å². The molecule has 0 aromatic rings. The van der Waals surface area contributed by atoms with Crippen LogP contribution in [-0.4, -0.2) is 10.7 Å². The fourth-order valence-electron chi connectivity index (χ4n) is 1.76. The summed E-state index contributed by atoms with van der Waals surface area (Å²) in [6.07, 6.45) is 11.8. The molecule has 2 aliphatic carbocycles. The highest BCUT2D eigenvalue weighted by molar-refractivity contribution is 5.33. The van der Waals surface area contributed by atoms with Crippen LogP contribution < -0.4 is 0 Å². The second kappa shape index (κ2) is 2.49. The molecule has 0 atom stereocenters. The van der Waals surface area contributed by atoms with Gasteiger partial charge in [-0.2, -0.15) is 0 Å². The van der Waals surface area contributed by atoms with Crippen LogP contribution in [0.5, 0.6) is 0 Å². The molecule has 1 N–H and O–H groups in total. The fourth-order valence-corrected chi connectivity index (χ4v) is 1.76. The van der Waals surface area contributed by atoms with Crippen molar-refractivity contribution in [2.24, 2.45) is 0 Å². The van der Waals surface area contributed by atoms with Gasteiger partial charge < -0.3 is 5.11 Å². The summed E-state index contributed by atoms with van der Waals surface area (Å²) in [6.45, 7) is 0. The lowest BCUT2D eigenvalue weighted by Crippen LogP contribution is -2.38. The predicted octanol–water partition coefficient (Wildman–Crippen LogP) is 2.18. The molecule has 2 aliphatic rings. The van der Waals surface area contributed by atoms with Gasteiger partial charge in [-0.1, -0.05) is 18.2 Å². The maximum absolute atomic E-state index is 9.92. The Bertz CT molecular complexity index is 209. The largest absolute Gasteiger partial charge is 0.385 e. The van der Waals surface area contributed by atoms with Gasteiger partial charge in [-0.3, -0.25) is 0 Å². The van der Waals surface area contributed by atoms with Gasteiger partial charge in [0, 0.05) is 0 Å². The smallest absolute Gasteiger partial charge is 0.0893 e. The van der Waals surface area contributed by atoms with Crippen LogP contribution in [0.15, 0.2) is 23.8 Å². The number of hydrogen-bond acceptors (Lipinski definition) is 1. The Hall–Kier alpha value is -0.560. The Balaban J connectivity index is 2.14.